The van der Waals surface area contributed by atoms with Gasteiger partial charge in [0, 0.05) is 6.07 Å². The van der Waals surface area contributed by atoms with E-state index in [0.29, 0.717) is 32.3 Å². The Morgan fingerprint density at radius 1 is 1.12 bits per heavy atom. The van der Waals surface area contributed by atoms with Gasteiger partial charge in [0.15, 0.2) is 0 Å². The summed E-state index contributed by atoms with van der Waals surface area (Å²) in [4.78, 5) is 6.22. The van der Waals surface area contributed by atoms with Crippen molar-refractivity contribution in [1.29, 1.82) is 0 Å². The van der Waals surface area contributed by atoms with Gasteiger partial charge in [-0.1, -0.05) is 6.07 Å². The standard InChI is InChI=1S/C17H20N2O5/c1-20-12-3-2-4-13(7-12)24-14-10-22-15-8-19(9-16(15)23-11-14)17-18-5-6-21-17/h2-7,14-16H,8-11H2,1H3/t15-,16-/m0/s1. The van der Waals surface area contributed by atoms with Crippen LogP contribution in [0.15, 0.2) is 41.1 Å². The zero-order valence-corrected chi connectivity index (χ0v) is 13.5. The molecule has 0 spiro atoms. The molecule has 2 aromatic rings. The summed E-state index contributed by atoms with van der Waals surface area (Å²) in [6.45, 7) is 2.38. The van der Waals surface area contributed by atoms with Gasteiger partial charge in [-0.05, 0) is 12.1 Å². The van der Waals surface area contributed by atoms with Crippen LogP contribution in [-0.4, -0.2) is 56.7 Å². The number of methoxy groups -OCH3 is 1. The van der Waals surface area contributed by atoms with Crippen molar-refractivity contribution >= 4 is 6.01 Å². The Balaban J connectivity index is 1.35. The van der Waals surface area contributed by atoms with Crippen LogP contribution in [0, 0.1) is 0 Å². The molecule has 0 unspecified atom stereocenters. The number of rotatable bonds is 4. The van der Waals surface area contributed by atoms with Crippen molar-refractivity contribution in [2.45, 2.75) is 18.3 Å². The van der Waals surface area contributed by atoms with Gasteiger partial charge in [-0.25, -0.2) is 4.98 Å². The van der Waals surface area contributed by atoms with Gasteiger partial charge in [-0.2, -0.15) is 0 Å². The lowest BCUT2D eigenvalue weighted by Crippen LogP contribution is -2.29. The summed E-state index contributed by atoms with van der Waals surface area (Å²) in [5.41, 5.74) is 0. The largest absolute Gasteiger partial charge is 0.497 e. The lowest BCUT2D eigenvalue weighted by molar-refractivity contribution is -0.00461. The van der Waals surface area contributed by atoms with Crippen LogP contribution in [0.4, 0.5) is 6.01 Å². The zero-order valence-electron chi connectivity index (χ0n) is 13.5. The van der Waals surface area contributed by atoms with E-state index in [1.165, 1.54) is 0 Å². The fourth-order valence-electron chi connectivity index (χ4n) is 3.04. The fraction of sp³-hybridized carbons (Fsp3) is 0.471. The zero-order chi connectivity index (χ0) is 16.4. The summed E-state index contributed by atoms with van der Waals surface area (Å²) in [5.74, 6) is 1.52. The van der Waals surface area contributed by atoms with Crippen LogP contribution in [0.25, 0.3) is 0 Å². The number of nitrogens with zero attached hydrogens (tertiary/aromatic N) is 2. The van der Waals surface area contributed by atoms with E-state index < -0.39 is 0 Å². The van der Waals surface area contributed by atoms with Crippen LogP contribution < -0.4 is 14.4 Å². The first-order valence-corrected chi connectivity index (χ1v) is 8.00. The van der Waals surface area contributed by atoms with E-state index >= 15 is 0 Å². The average Bonchev–Trinajstić information content (AvgIpc) is 3.24. The molecule has 7 nitrogen and oxygen atoms in total. The van der Waals surface area contributed by atoms with Crippen LogP contribution in [0.2, 0.25) is 0 Å². The predicted octanol–water partition coefficient (Wildman–Crippen LogP) is 1.73. The summed E-state index contributed by atoms with van der Waals surface area (Å²) in [7, 11) is 1.64. The highest BCUT2D eigenvalue weighted by molar-refractivity contribution is 5.33. The van der Waals surface area contributed by atoms with Gasteiger partial charge in [0.1, 0.15) is 36.1 Å². The van der Waals surface area contributed by atoms with Crippen molar-refractivity contribution in [3.05, 3.63) is 36.7 Å². The second kappa shape index (κ2) is 6.70. The van der Waals surface area contributed by atoms with Crippen LogP contribution in [-0.2, 0) is 9.47 Å². The summed E-state index contributed by atoms with van der Waals surface area (Å²) in [6, 6.07) is 8.15. The SMILES string of the molecule is COc1cccc(OC2CO[C@H]3CN(c4ncco4)C[C@@H]3OC2)c1. The summed E-state index contributed by atoms with van der Waals surface area (Å²) < 4.78 is 28.5. The number of aromatic nitrogens is 1. The maximum atomic E-state index is 6.00. The van der Waals surface area contributed by atoms with Gasteiger partial charge in [-0.15, -0.1) is 0 Å². The van der Waals surface area contributed by atoms with Crippen molar-refractivity contribution in [2.24, 2.45) is 0 Å². The Morgan fingerprint density at radius 2 is 1.88 bits per heavy atom. The molecule has 2 aliphatic rings. The monoisotopic (exact) mass is 332 g/mol. The fourth-order valence-corrected chi connectivity index (χ4v) is 3.04. The van der Waals surface area contributed by atoms with Gasteiger partial charge in [-0.3, -0.25) is 0 Å². The molecule has 0 saturated carbocycles. The molecular formula is C17H20N2O5. The summed E-state index contributed by atoms with van der Waals surface area (Å²) in [6.07, 6.45) is 3.07. The highest BCUT2D eigenvalue weighted by Crippen LogP contribution is 2.26. The third-order valence-electron chi connectivity index (χ3n) is 4.24. The predicted molar refractivity (Wildman–Crippen MR) is 85.6 cm³/mol. The quantitative estimate of drug-likeness (QED) is 0.845. The topological polar surface area (TPSA) is 66.2 Å². The number of anilines is 1. The molecule has 0 N–H and O–H groups in total. The number of hydrogen-bond donors (Lipinski definition) is 0. The Hall–Kier alpha value is -2.25. The van der Waals surface area contributed by atoms with Crippen LogP contribution >= 0.6 is 0 Å². The van der Waals surface area contributed by atoms with E-state index in [-0.39, 0.29) is 18.3 Å². The summed E-state index contributed by atoms with van der Waals surface area (Å²) in [5, 5.41) is 0. The third-order valence-corrected chi connectivity index (χ3v) is 4.24. The molecule has 7 heteroatoms. The lowest BCUT2D eigenvalue weighted by atomic mass is 10.3. The van der Waals surface area contributed by atoms with Crippen molar-refractivity contribution in [1.82, 2.24) is 4.98 Å². The van der Waals surface area contributed by atoms with Crippen molar-refractivity contribution in [2.75, 3.05) is 38.3 Å². The third kappa shape index (κ3) is 3.18. The number of benzene rings is 1. The molecular weight excluding hydrogens is 312 g/mol. The van der Waals surface area contributed by atoms with Crippen LogP contribution in [0.1, 0.15) is 0 Å². The van der Waals surface area contributed by atoms with Crippen LogP contribution in [0.3, 0.4) is 0 Å². The molecule has 2 saturated heterocycles. The van der Waals surface area contributed by atoms with Gasteiger partial charge in [0.25, 0.3) is 6.01 Å². The van der Waals surface area contributed by atoms with Crippen molar-refractivity contribution < 1.29 is 23.4 Å². The molecule has 2 aliphatic heterocycles. The highest BCUT2D eigenvalue weighted by atomic mass is 16.6. The minimum Gasteiger partial charge on any atom is -0.497 e. The maximum absolute atomic E-state index is 6.00. The van der Waals surface area contributed by atoms with Crippen molar-refractivity contribution in [3.8, 4) is 11.5 Å². The van der Waals surface area contributed by atoms with E-state index in [2.05, 4.69) is 4.98 Å². The van der Waals surface area contributed by atoms with E-state index in [9.17, 15) is 0 Å². The Bertz CT molecular complexity index is 647. The number of ether oxygens (including phenoxy) is 4. The smallest absolute Gasteiger partial charge is 0.297 e. The Labute approximate surface area is 140 Å². The first-order chi connectivity index (χ1) is 11.8. The van der Waals surface area contributed by atoms with E-state index in [4.69, 9.17) is 23.4 Å². The van der Waals surface area contributed by atoms with Crippen LogP contribution in [0.5, 0.6) is 11.5 Å². The molecule has 1 aromatic carbocycles. The number of oxazole rings is 1. The molecule has 3 heterocycles. The van der Waals surface area contributed by atoms with Gasteiger partial charge in [0.05, 0.1) is 39.6 Å². The molecule has 2 atom stereocenters. The maximum Gasteiger partial charge on any atom is 0.297 e. The lowest BCUT2D eigenvalue weighted by Gasteiger charge is -2.19. The van der Waals surface area contributed by atoms with Gasteiger partial charge >= 0.3 is 0 Å². The number of fused-ring (bicyclic) bond motifs is 1. The van der Waals surface area contributed by atoms with Crippen molar-refractivity contribution in [3.63, 3.8) is 0 Å². The second-order valence-corrected chi connectivity index (χ2v) is 5.88. The Morgan fingerprint density at radius 3 is 2.54 bits per heavy atom. The van der Waals surface area contributed by atoms with Gasteiger partial charge in [0.2, 0.25) is 0 Å². The molecule has 2 fully saturated rings. The van der Waals surface area contributed by atoms with Gasteiger partial charge < -0.3 is 28.3 Å². The first kappa shape index (κ1) is 15.3. The molecule has 1 aromatic heterocycles. The van der Waals surface area contributed by atoms with E-state index in [1.807, 2.05) is 29.2 Å². The minimum absolute atomic E-state index is 0.00388. The molecule has 4 rings (SSSR count). The second-order valence-electron chi connectivity index (χ2n) is 5.88. The molecule has 24 heavy (non-hydrogen) atoms. The van der Waals surface area contributed by atoms with E-state index in [0.717, 1.165) is 11.5 Å². The normalized spacial score (nSPS) is 24.5. The highest BCUT2D eigenvalue weighted by Gasteiger charge is 2.39. The molecule has 0 radical (unpaired) electrons. The molecule has 0 amide bonds. The summed E-state index contributed by atoms with van der Waals surface area (Å²) >= 11 is 0. The molecule has 0 aliphatic carbocycles. The van der Waals surface area contributed by atoms with E-state index in [1.54, 1.807) is 19.6 Å². The Kier molecular flexibility index (Phi) is 4.27. The minimum atomic E-state index is -0.141. The average molecular weight is 332 g/mol. The molecule has 128 valence electrons. The molecule has 0 bridgehead atoms. The number of hydrogen-bond acceptors (Lipinski definition) is 7. The first-order valence-electron chi connectivity index (χ1n) is 8.00.